The van der Waals surface area contributed by atoms with Crippen molar-refractivity contribution in [2.24, 2.45) is 27.7 Å². The highest BCUT2D eigenvalue weighted by Gasteiger charge is 2.29. The van der Waals surface area contributed by atoms with E-state index in [0.717, 1.165) is 104 Å². The standard InChI is InChI=1S/C44H46N2O/c1-4-15-40(39-22-13-21-38-37-20-11-12-24-41(37)47-44(38)39)46-42(34-16-7-5-8-17-34)31(3)30(2)32-25-27-33(28-26-32)36-23-14-29-45-43(36)35-18-9-6-10-19-35/h4,6-7,9-10,12-13,15-18,21-22,24,27,29-30,32,35H,1,3,5,8,11,14,19-20,23,25-26,28H2,2H3/b40-15+,46-42+. The Morgan fingerprint density at radius 3 is 2.70 bits per heavy atom. The highest BCUT2D eigenvalue weighted by Crippen LogP contribution is 2.41. The van der Waals surface area contributed by atoms with Crippen LogP contribution in [0.2, 0.25) is 0 Å². The van der Waals surface area contributed by atoms with Gasteiger partial charge in [-0.2, -0.15) is 0 Å². The molecule has 4 aliphatic carbocycles. The Morgan fingerprint density at radius 1 is 1.00 bits per heavy atom. The second-order valence-corrected chi connectivity index (χ2v) is 13.4. The largest absolute Gasteiger partial charge is 0.456 e. The zero-order chi connectivity index (χ0) is 32.2. The SMILES string of the molecule is C=C/C=C(/N=C(\C(=C)C(C)C1CC=C(C2=C(C3C=CC=CC3)N=CCC2)CC1)C1=CCCC=C1)c1cccc2c3c(oc12)C=CCC3. The Kier molecular flexibility index (Phi) is 9.33. The molecule has 0 saturated heterocycles. The molecule has 1 aromatic carbocycles. The van der Waals surface area contributed by atoms with Crippen LogP contribution in [0, 0.1) is 17.8 Å². The molecular weight excluding hydrogens is 572 g/mol. The van der Waals surface area contributed by atoms with Gasteiger partial charge in [-0.1, -0.05) is 93.0 Å². The summed E-state index contributed by atoms with van der Waals surface area (Å²) >= 11 is 0. The highest BCUT2D eigenvalue weighted by atomic mass is 16.3. The smallest absolute Gasteiger partial charge is 0.144 e. The van der Waals surface area contributed by atoms with Crippen LogP contribution in [0.25, 0.3) is 22.7 Å². The lowest BCUT2D eigenvalue weighted by molar-refractivity contribution is 0.375. The highest BCUT2D eigenvalue weighted by molar-refractivity contribution is 6.16. The first kappa shape index (κ1) is 31.1. The van der Waals surface area contributed by atoms with Crippen molar-refractivity contribution in [3.8, 4) is 0 Å². The number of rotatable bonds is 9. The van der Waals surface area contributed by atoms with Gasteiger partial charge in [0.15, 0.2) is 0 Å². The van der Waals surface area contributed by atoms with Crippen LogP contribution in [0.3, 0.4) is 0 Å². The summed E-state index contributed by atoms with van der Waals surface area (Å²) in [6.07, 6.45) is 39.1. The third-order valence-electron chi connectivity index (χ3n) is 10.5. The number of fused-ring (bicyclic) bond motifs is 3. The molecule has 5 aliphatic rings. The molecule has 1 aromatic heterocycles. The molecule has 0 N–H and O–H groups in total. The van der Waals surface area contributed by atoms with Crippen molar-refractivity contribution in [2.75, 3.05) is 0 Å². The molecule has 3 atom stereocenters. The van der Waals surface area contributed by atoms with Crippen LogP contribution in [0.5, 0.6) is 0 Å². The molecule has 2 heterocycles. The molecule has 0 spiro atoms. The molecule has 0 radical (unpaired) electrons. The number of aryl methyl sites for hydroxylation is 1. The summed E-state index contributed by atoms with van der Waals surface area (Å²) in [5.74, 6) is 2.16. The van der Waals surface area contributed by atoms with E-state index < -0.39 is 0 Å². The fourth-order valence-corrected chi connectivity index (χ4v) is 7.82. The van der Waals surface area contributed by atoms with Gasteiger partial charge in [0.1, 0.15) is 11.3 Å². The summed E-state index contributed by atoms with van der Waals surface area (Å²) in [5.41, 5.74) is 11.6. The fourth-order valence-electron chi connectivity index (χ4n) is 7.82. The van der Waals surface area contributed by atoms with Gasteiger partial charge in [0.2, 0.25) is 0 Å². The normalized spacial score (nSPS) is 23.5. The first-order valence-corrected chi connectivity index (χ1v) is 17.6. The molecule has 1 aliphatic heterocycles. The zero-order valence-corrected chi connectivity index (χ0v) is 27.8. The van der Waals surface area contributed by atoms with E-state index in [0.29, 0.717) is 11.8 Å². The minimum atomic E-state index is 0.286. The molecule has 0 amide bonds. The first-order chi connectivity index (χ1) is 23.1. The van der Waals surface area contributed by atoms with Crippen LogP contribution in [0.4, 0.5) is 0 Å². The first-order valence-electron chi connectivity index (χ1n) is 17.6. The van der Waals surface area contributed by atoms with Gasteiger partial charge in [0.05, 0.1) is 17.1 Å². The molecule has 3 unspecified atom stereocenters. The van der Waals surface area contributed by atoms with Crippen LogP contribution >= 0.6 is 0 Å². The lowest BCUT2D eigenvalue weighted by Gasteiger charge is -2.32. The van der Waals surface area contributed by atoms with Gasteiger partial charge in [0.25, 0.3) is 0 Å². The number of benzene rings is 1. The third kappa shape index (κ3) is 6.41. The fraction of sp³-hybridized carbons (Fsp3) is 0.318. The summed E-state index contributed by atoms with van der Waals surface area (Å²) in [6, 6.07) is 6.43. The van der Waals surface area contributed by atoms with Gasteiger partial charge in [0, 0.05) is 28.6 Å². The molecule has 7 rings (SSSR count). The maximum absolute atomic E-state index is 6.48. The van der Waals surface area contributed by atoms with Crippen molar-refractivity contribution in [2.45, 2.75) is 71.1 Å². The number of hydrogen-bond donors (Lipinski definition) is 0. The molecule has 3 heteroatoms. The molecule has 0 bridgehead atoms. The summed E-state index contributed by atoms with van der Waals surface area (Å²) in [6.45, 7) is 11.2. The quantitative estimate of drug-likeness (QED) is 0.203. The van der Waals surface area contributed by atoms with Crippen molar-refractivity contribution in [3.05, 3.63) is 143 Å². The summed E-state index contributed by atoms with van der Waals surface area (Å²) in [4.78, 5) is 10.4. The van der Waals surface area contributed by atoms with E-state index in [1.54, 1.807) is 0 Å². The average molecular weight is 619 g/mol. The lowest BCUT2D eigenvalue weighted by atomic mass is 9.74. The van der Waals surface area contributed by atoms with Crippen LogP contribution < -0.4 is 0 Å². The number of furan rings is 1. The lowest BCUT2D eigenvalue weighted by Crippen LogP contribution is -2.22. The van der Waals surface area contributed by atoms with Crippen LogP contribution in [0.15, 0.2) is 141 Å². The number of aliphatic imine (C=N–C) groups is 2. The van der Waals surface area contributed by atoms with E-state index in [9.17, 15) is 0 Å². The number of nitrogens with zero attached hydrogens (tertiary/aromatic N) is 2. The molecule has 3 nitrogen and oxygen atoms in total. The topological polar surface area (TPSA) is 37.9 Å². The van der Waals surface area contributed by atoms with Crippen molar-refractivity contribution in [1.82, 2.24) is 0 Å². The zero-order valence-electron chi connectivity index (χ0n) is 27.8. The Hall–Kier alpha value is -4.50. The number of para-hydroxylation sites is 1. The molecule has 0 fully saturated rings. The maximum atomic E-state index is 6.48. The Labute approximate surface area is 280 Å². The minimum absolute atomic E-state index is 0.286. The van der Waals surface area contributed by atoms with Crippen molar-refractivity contribution < 1.29 is 4.42 Å². The van der Waals surface area contributed by atoms with Gasteiger partial charge in [-0.15, -0.1) is 0 Å². The number of hydrogen-bond acceptors (Lipinski definition) is 3. The second kappa shape index (κ2) is 14.1. The van der Waals surface area contributed by atoms with Crippen molar-refractivity contribution >= 4 is 34.7 Å². The van der Waals surface area contributed by atoms with Gasteiger partial charge in [-0.25, -0.2) is 4.99 Å². The molecule has 238 valence electrons. The Bertz CT molecular complexity index is 1890. The molecule has 2 aromatic rings. The van der Waals surface area contributed by atoms with E-state index >= 15 is 0 Å². The van der Waals surface area contributed by atoms with E-state index in [1.807, 2.05) is 12.2 Å². The van der Waals surface area contributed by atoms with Crippen molar-refractivity contribution in [1.29, 1.82) is 0 Å². The van der Waals surface area contributed by atoms with Gasteiger partial charge < -0.3 is 4.42 Å². The Balaban J connectivity index is 1.19. The van der Waals surface area contributed by atoms with Gasteiger partial charge in [-0.05, 0) is 117 Å². The third-order valence-corrected chi connectivity index (χ3v) is 10.5. The van der Waals surface area contributed by atoms with E-state index in [4.69, 9.17) is 21.0 Å². The molecule has 47 heavy (non-hydrogen) atoms. The van der Waals surface area contributed by atoms with Crippen LogP contribution in [-0.2, 0) is 6.42 Å². The van der Waals surface area contributed by atoms with Crippen LogP contribution in [-0.4, -0.2) is 11.9 Å². The minimum Gasteiger partial charge on any atom is -0.456 e. The maximum Gasteiger partial charge on any atom is 0.144 e. The van der Waals surface area contributed by atoms with Gasteiger partial charge >= 0.3 is 0 Å². The summed E-state index contributed by atoms with van der Waals surface area (Å²) in [7, 11) is 0. The van der Waals surface area contributed by atoms with E-state index in [1.165, 1.54) is 27.8 Å². The predicted molar refractivity (Wildman–Crippen MR) is 201 cm³/mol. The predicted octanol–water partition coefficient (Wildman–Crippen LogP) is 11.8. The Morgan fingerprint density at radius 2 is 1.91 bits per heavy atom. The average Bonchev–Trinajstić information content (AvgIpc) is 3.53. The monoisotopic (exact) mass is 618 g/mol. The van der Waals surface area contributed by atoms with Crippen molar-refractivity contribution in [3.63, 3.8) is 0 Å². The molecule has 0 saturated carbocycles. The molecular formula is C44H46N2O. The number of allylic oxidation sites excluding steroid dienone is 15. The van der Waals surface area contributed by atoms with E-state index in [2.05, 4.69) is 98.7 Å². The van der Waals surface area contributed by atoms with E-state index in [-0.39, 0.29) is 5.92 Å². The van der Waals surface area contributed by atoms with Gasteiger partial charge in [-0.3, -0.25) is 4.99 Å². The van der Waals surface area contributed by atoms with Crippen LogP contribution in [0.1, 0.15) is 81.6 Å². The second-order valence-electron chi connectivity index (χ2n) is 13.4. The summed E-state index contributed by atoms with van der Waals surface area (Å²) in [5, 5.41) is 1.18. The summed E-state index contributed by atoms with van der Waals surface area (Å²) < 4.78 is 6.48.